The van der Waals surface area contributed by atoms with E-state index in [4.69, 9.17) is 0 Å². The molecule has 2 heterocycles. The van der Waals surface area contributed by atoms with Crippen LogP contribution < -0.4 is 5.32 Å². The van der Waals surface area contributed by atoms with Gasteiger partial charge in [-0.25, -0.2) is 0 Å². The highest BCUT2D eigenvalue weighted by Crippen LogP contribution is 2.29. The quantitative estimate of drug-likeness (QED) is 0.888. The first-order valence-corrected chi connectivity index (χ1v) is 7.50. The van der Waals surface area contributed by atoms with Gasteiger partial charge in [0.05, 0.1) is 0 Å². The lowest BCUT2D eigenvalue weighted by molar-refractivity contribution is 0.0582. The Labute approximate surface area is 109 Å². The number of thiophene rings is 1. The number of hydrogen-bond donors (Lipinski definition) is 1. The maximum Gasteiger partial charge on any atom is 0.0332 e. The Kier molecular flexibility index (Phi) is 3.91. The molecule has 0 aromatic carbocycles. The first-order valence-electron chi connectivity index (χ1n) is 6.56. The Morgan fingerprint density at radius 3 is 2.94 bits per heavy atom. The SMILES string of the molecule is CCC1CNC(C)(C)CN1C(C)c1ccsc1. The van der Waals surface area contributed by atoms with E-state index in [0.717, 1.165) is 13.1 Å². The first kappa shape index (κ1) is 13.1. The van der Waals surface area contributed by atoms with Gasteiger partial charge in [-0.2, -0.15) is 11.3 Å². The third-order valence-electron chi connectivity index (χ3n) is 3.86. The number of nitrogens with one attached hydrogen (secondary N) is 1. The molecule has 2 unspecified atom stereocenters. The van der Waals surface area contributed by atoms with Crippen molar-refractivity contribution in [3.63, 3.8) is 0 Å². The molecule has 17 heavy (non-hydrogen) atoms. The molecule has 2 nitrogen and oxygen atoms in total. The second-order valence-corrected chi connectivity index (χ2v) is 6.51. The zero-order chi connectivity index (χ0) is 12.5. The van der Waals surface area contributed by atoms with Crippen LogP contribution in [0, 0.1) is 0 Å². The molecule has 1 fully saturated rings. The molecule has 1 aliphatic rings. The average Bonchev–Trinajstić information content (AvgIpc) is 2.80. The van der Waals surface area contributed by atoms with Crippen LogP contribution in [-0.2, 0) is 0 Å². The molecular weight excluding hydrogens is 228 g/mol. The molecule has 1 aromatic heterocycles. The molecule has 0 radical (unpaired) electrons. The Morgan fingerprint density at radius 2 is 2.35 bits per heavy atom. The van der Waals surface area contributed by atoms with Crippen LogP contribution in [0.4, 0.5) is 0 Å². The van der Waals surface area contributed by atoms with Crippen LogP contribution in [0.5, 0.6) is 0 Å². The summed E-state index contributed by atoms with van der Waals surface area (Å²) in [6.07, 6.45) is 1.22. The van der Waals surface area contributed by atoms with Gasteiger partial charge in [-0.1, -0.05) is 6.92 Å². The third kappa shape index (κ3) is 2.90. The van der Waals surface area contributed by atoms with Gasteiger partial charge in [-0.15, -0.1) is 0 Å². The molecule has 2 atom stereocenters. The molecule has 1 saturated heterocycles. The Balaban J connectivity index is 2.15. The number of hydrogen-bond acceptors (Lipinski definition) is 3. The average molecular weight is 252 g/mol. The van der Waals surface area contributed by atoms with Crippen molar-refractivity contribution in [2.24, 2.45) is 0 Å². The number of piperazine rings is 1. The minimum absolute atomic E-state index is 0.232. The van der Waals surface area contributed by atoms with Crippen molar-refractivity contribution in [2.45, 2.75) is 51.7 Å². The van der Waals surface area contributed by atoms with E-state index >= 15 is 0 Å². The maximum atomic E-state index is 3.65. The smallest absolute Gasteiger partial charge is 0.0332 e. The summed E-state index contributed by atoms with van der Waals surface area (Å²) in [5.41, 5.74) is 1.70. The van der Waals surface area contributed by atoms with Crippen LogP contribution in [0.2, 0.25) is 0 Å². The van der Waals surface area contributed by atoms with E-state index in [0.29, 0.717) is 12.1 Å². The molecule has 1 N–H and O–H groups in total. The summed E-state index contributed by atoms with van der Waals surface area (Å²) in [6.45, 7) is 11.5. The lowest BCUT2D eigenvalue weighted by atomic mass is 9.94. The van der Waals surface area contributed by atoms with E-state index in [1.54, 1.807) is 11.3 Å². The van der Waals surface area contributed by atoms with E-state index < -0.39 is 0 Å². The second-order valence-electron chi connectivity index (χ2n) is 5.73. The number of rotatable bonds is 3. The molecule has 0 aliphatic carbocycles. The summed E-state index contributed by atoms with van der Waals surface area (Å²) >= 11 is 1.80. The molecular formula is C14H24N2S. The number of nitrogens with zero attached hydrogens (tertiary/aromatic N) is 1. The minimum atomic E-state index is 0.232. The van der Waals surface area contributed by atoms with E-state index in [2.05, 4.69) is 54.7 Å². The van der Waals surface area contributed by atoms with Crippen molar-refractivity contribution in [2.75, 3.05) is 13.1 Å². The molecule has 1 aromatic rings. The van der Waals surface area contributed by atoms with E-state index in [1.165, 1.54) is 12.0 Å². The van der Waals surface area contributed by atoms with E-state index in [1.807, 2.05) is 0 Å². The largest absolute Gasteiger partial charge is 0.309 e. The fraction of sp³-hybridized carbons (Fsp3) is 0.714. The monoisotopic (exact) mass is 252 g/mol. The summed E-state index contributed by atoms with van der Waals surface area (Å²) in [5.74, 6) is 0. The van der Waals surface area contributed by atoms with Gasteiger partial charge in [-0.3, -0.25) is 4.90 Å². The Hall–Kier alpha value is -0.380. The van der Waals surface area contributed by atoms with Gasteiger partial charge in [0.1, 0.15) is 0 Å². The summed E-state index contributed by atoms with van der Waals surface area (Å²) in [7, 11) is 0. The summed E-state index contributed by atoms with van der Waals surface area (Å²) in [4.78, 5) is 2.67. The van der Waals surface area contributed by atoms with Crippen LogP contribution >= 0.6 is 11.3 Å². The zero-order valence-electron chi connectivity index (χ0n) is 11.4. The van der Waals surface area contributed by atoms with Crippen LogP contribution in [0.25, 0.3) is 0 Å². The fourth-order valence-corrected chi connectivity index (χ4v) is 3.44. The highest BCUT2D eigenvalue weighted by atomic mass is 32.1. The van der Waals surface area contributed by atoms with Crippen molar-refractivity contribution in [3.05, 3.63) is 22.4 Å². The van der Waals surface area contributed by atoms with Crippen LogP contribution in [0.3, 0.4) is 0 Å². The highest BCUT2D eigenvalue weighted by molar-refractivity contribution is 7.07. The van der Waals surface area contributed by atoms with Gasteiger partial charge in [0.15, 0.2) is 0 Å². The van der Waals surface area contributed by atoms with Crippen molar-refractivity contribution in [1.82, 2.24) is 10.2 Å². The lowest BCUT2D eigenvalue weighted by Gasteiger charge is -2.47. The van der Waals surface area contributed by atoms with E-state index in [-0.39, 0.29) is 5.54 Å². The predicted octanol–water partition coefficient (Wildman–Crippen LogP) is 3.27. The fourth-order valence-electron chi connectivity index (χ4n) is 2.69. The van der Waals surface area contributed by atoms with E-state index in [9.17, 15) is 0 Å². The van der Waals surface area contributed by atoms with Crippen LogP contribution in [0.1, 0.15) is 45.7 Å². The predicted molar refractivity (Wildman–Crippen MR) is 75.6 cm³/mol. The molecule has 0 bridgehead atoms. The van der Waals surface area contributed by atoms with Crippen molar-refractivity contribution >= 4 is 11.3 Å². The van der Waals surface area contributed by atoms with Crippen molar-refractivity contribution < 1.29 is 0 Å². The van der Waals surface area contributed by atoms with Gasteiger partial charge in [0.2, 0.25) is 0 Å². The standard InChI is InChI=1S/C14H24N2S/c1-5-13-8-15-14(3,4)10-16(13)11(2)12-6-7-17-9-12/h6-7,9,11,13,15H,5,8,10H2,1-4H3. The van der Waals surface area contributed by atoms with Crippen LogP contribution in [0.15, 0.2) is 16.8 Å². The normalized spacial score (nSPS) is 26.9. The summed E-state index contributed by atoms with van der Waals surface area (Å²) in [5, 5.41) is 8.12. The lowest BCUT2D eigenvalue weighted by Crippen LogP contribution is -2.61. The molecule has 1 aliphatic heterocycles. The van der Waals surface area contributed by atoms with Crippen molar-refractivity contribution in [1.29, 1.82) is 0 Å². The first-order chi connectivity index (χ1) is 8.03. The minimum Gasteiger partial charge on any atom is -0.309 e. The molecule has 3 heteroatoms. The molecule has 0 amide bonds. The molecule has 96 valence electrons. The van der Waals surface area contributed by atoms with Gasteiger partial charge in [0, 0.05) is 30.7 Å². The summed E-state index contributed by atoms with van der Waals surface area (Å²) in [6, 6.07) is 3.46. The third-order valence-corrected chi connectivity index (χ3v) is 4.56. The van der Waals surface area contributed by atoms with Gasteiger partial charge in [-0.05, 0) is 49.6 Å². The highest BCUT2D eigenvalue weighted by Gasteiger charge is 2.34. The second kappa shape index (κ2) is 5.09. The maximum absolute atomic E-state index is 3.65. The van der Waals surface area contributed by atoms with Gasteiger partial charge < -0.3 is 5.32 Å². The zero-order valence-corrected chi connectivity index (χ0v) is 12.2. The molecule has 0 saturated carbocycles. The molecule has 2 rings (SSSR count). The Morgan fingerprint density at radius 1 is 1.59 bits per heavy atom. The Bertz CT molecular complexity index is 345. The van der Waals surface area contributed by atoms with Gasteiger partial charge in [0.25, 0.3) is 0 Å². The van der Waals surface area contributed by atoms with Crippen molar-refractivity contribution in [3.8, 4) is 0 Å². The van der Waals surface area contributed by atoms with Crippen LogP contribution in [-0.4, -0.2) is 29.6 Å². The molecule has 0 spiro atoms. The summed E-state index contributed by atoms with van der Waals surface area (Å²) < 4.78 is 0. The topological polar surface area (TPSA) is 15.3 Å². The van der Waals surface area contributed by atoms with Gasteiger partial charge >= 0.3 is 0 Å².